The number of nitrogens with one attached hydrogen (secondary N) is 1. The third-order valence-electron chi connectivity index (χ3n) is 5.62. The topological polar surface area (TPSA) is 74.8 Å². The molecule has 0 aliphatic rings. The SMILES string of the molecule is C=CC(=O)Nc1cccc(N(C=O)c2ccncc2N(C)c2ccc(OCc3ccccc3)c(F)c2)c1. The number of halogens is 1. The number of ether oxygens (including phenoxy) is 1. The number of hydrogen-bond acceptors (Lipinski definition) is 5. The molecule has 2 amide bonds. The number of carbonyl (C=O) groups is 2. The summed E-state index contributed by atoms with van der Waals surface area (Å²) in [6.07, 6.45) is 4.99. The number of rotatable bonds is 10. The van der Waals surface area contributed by atoms with Crippen LogP contribution in [0.3, 0.4) is 0 Å². The number of anilines is 5. The molecule has 3 aromatic carbocycles. The largest absolute Gasteiger partial charge is 0.486 e. The van der Waals surface area contributed by atoms with Gasteiger partial charge in [-0.15, -0.1) is 0 Å². The summed E-state index contributed by atoms with van der Waals surface area (Å²) in [7, 11) is 1.75. The number of aromatic nitrogens is 1. The van der Waals surface area contributed by atoms with E-state index in [2.05, 4.69) is 16.9 Å². The van der Waals surface area contributed by atoms with E-state index in [1.165, 1.54) is 11.0 Å². The van der Waals surface area contributed by atoms with Crippen molar-refractivity contribution in [2.24, 2.45) is 0 Å². The van der Waals surface area contributed by atoms with Gasteiger partial charge >= 0.3 is 0 Å². The summed E-state index contributed by atoms with van der Waals surface area (Å²) in [4.78, 5) is 31.3. The Morgan fingerprint density at radius 3 is 2.57 bits per heavy atom. The van der Waals surface area contributed by atoms with Gasteiger partial charge in [-0.25, -0.2) is 4.39 Å². The van der Waals surface area contributed by atoms with Crippen molar-refractivity contribution in [3.63, 3.8) is 0 Å². The second-order valence-electron chi connectivity index (χ2n) is 8.03. The number of amides is 2. The number of benzene rings is 3. The summed E-state index contributed by atoms with van der Waals surface area (Å²) in [5.41, 5.74) is 3.58. The fourth-order valence-corrected chi connectivity index (χ4v) is 3.71. The summed E-state index contributed by atoms with van der Waals surface area (Å²) < 4.78 is 20.6. The zero-order valence-electron chi connectivity index (χ0n) is 20.2. The monoisotopic (exact) mass is 496 g/mol. The van der Waals surface area contributed by atoms with Crippen LogP contribution in [0.25, 0.3) is 0 Å². The number of carbonyl (C=O) groups excluding carboxylic acids is 2. The molecule has 0 atom stereocenters. The Hall–Kier alpha value is -4.98. The fraction of sp³-hybridized carbons (Fsp3) is 0.0690. The minimum atomic E-state index is -0.511. The molecule has 8 heteroatoms. The van der Waals surface area contributed by atoms with Crippen LogP contribution in [0.1, 0.15) is 5.56 Å². The summed E-state index contributed by atoms with van der Waals surface area (Å²) in [5, 5.41) is 2.68. The van der Waals surface area contributed by atoms with E-state index in [-0.39, 0.29) is 18.3 Å². The Kier molecular flexibility index (Phi) is 7.90. The van der Waals surface area contributed by atoms with E-state index in [4.69, 9.17) is 4.74 Å². The van der Waals surface area contributed by atoms with Crippen LogP contribution in [0.15, 0.2) is 104 Å². The first-order valence-electron chi connectivity index (χ1n) is 11.4. The predicted octanol–water partition coefficient (Wildman–Crippen LogP) is 5.99. The van der Waals surface area contributed by atoms with E-state index in [9.17, 15) is 14.0 Å². The first kappa shape index (κ1) is 25.1. The van der Waals surface area contributed by atoms with E-state index in [0.29, 0.717) is 34.8 Å². The average molecular weight is 497 g/mol. The Bertz CT molecular complexity index is 1410. The molecule has 0 bridgehead atoms. The molecule has 186 valence electrons. The molecule has 0 saturated carbocycles. The van der Waals surface area contributed by atoms with Gasteiger partial charge < -0.3 is 15.0 Å². The Morgan fingerprint density at radius 2 is 1.84 bits per heavy atom. The lowest BCUT2D eigenvalue weighted by Gasteiger charge is -2.27. The van der Waals surface area contributed by atoms with Crippen molar-refractivity contribution in [1.29, 1.82) is 0 Å². The van der Waals surface area contributed by atoms with Gasteiger partial charge in [-0.3, -0.25) is 19.5 Å². The van der Waals surface area contributed by atoms with Crippen molar-refractivity contribution < 1.29 is 18.7 Å². The lowest BCUT2D eigenvalue weighted by Crippen LogP contribution is -2.20. The molecular weight excluding hydrogens is 471 g/mol. The zero-order valence-corrected chi connectivity index (χ0v) is 20.2. The van der Waals surface area contributed by atoms with Gasteiger partial charge in [0.05, 0.1) is 23.3 Å². The summed E-state index contributed by atoms with van der Waals surface area (Å²) >= 11 is 0. The van der Waals surface area contributed by atoms with Gasteiger partial charge in [0.15, 0.2) is 11.6 Å². The highest BCUT2D eigenvalue weighted by Crippen LogP contribution is 2.37. The second-order valence-corrected chi connectivity index (χ2v) is 8.03. The van der Waals surface area contributed by atoms with Crippen molar-refractivity contribution >= 4 is 40.8 Å². The molecule has 4 rings (SSSR count). The normalized spacial score (nSPS) is 10.3. The summed E-state index contributed by atoms with van der Waals surface area (Å²) in [5.74, 6) is -0.735. The van der Waals surface area contributed by atoms with Crippen LogP contribution in [0, 0.1) is 5.82 Å². The minimum Gasteiger partial charge on any atom is -0.486 e. The molecule has 4 aromatic rings. The maximum absolute atomic E-state index is 14.9. The first-order chi connectivity index (χ1) is 18.0. The first-order valence-corrected chi connectivity index (χ1v) is 11.4. The lowest BCUT2D eigenvalue weighted by atomic mass is 10.2. The Morgan fingerprint density at radius 1 is 1.03 bits per heavy atom. The number of pyridine rings is 1. The molecule has 0 radical (unpaired) electrons. The molecule has 0 unspecified atom stereocenters. The predicted molar refractivity (Wildman–Crippen MR) is 143 cm³/mol. The third kappa shape index (κ3) is 5.99. The molecule has 1 N–H and O–H groups in total. The Balaban J connectivity index is 1.59. The van der Waals surface area contributed by atoms with E-state index < -0.39 is 5.82 Å². The standard InChI is InChI=1S/C29H25FN4O3/c1-3-29(36)32-22-10-7-11-24(16-22)34(20-35)26-14-15-31-18-27(26)33(2)23-12-13-28(25(30)17-23)37-19-21-8-5-4-6-9-21/h3-18,20H,1,19H2,2H3,(H,32,36). The lowest BCUT2D eigenvalue weighted by molar-refractivity contribution is -0.112. The van der Waals surface area contributed by atoms with E-state index in [1.807, 2.05) is 30.3 Å². The third-order valence-corrected chi connectivity index (χ3v) is 5.62. The van der Waals surface area contributed by atoms with Crippen LogP contribution in [0.2, 0.25) is 0 Å². The van der Waals surface area contributed by atoms with Crippen molar-refractivity contribution in [2.45, 2.75) is 6.61 Å². The van der Waals surface area contributed by atoms with Crippen molar-refractivity contribution in [3.8, 4) is 5.75 Å². The highest BCUT2D eigenvalue weighted by Gasteiger charge is 2.18. The van der Waals surface area contributed by atoms with Gasteiger partial charge in [0, 0.05) is 30.7 Å². The van der Waals surface area contributed by atoms with Gasteiger partial charge in [-0.05, 0) is 48.0 Å². The van der Waals surface area contributed by atoms with Crippen LogP contribution < -0.4 is 19.9 Å². The quantitative estimate of drug-likeness (QED) is 0.216. The average Bonchev–Trinajstić information content (AvgIpc) is 2.93. The van der Waals surface area contributed by atoms with Crippen LogP contribution in [-0.4, -0.2) is 24.3 Å². The van der Waals surface area contributed by atoms with Crippen molar-refractivity contribution in [2.75, 3.05) is 22.2 Å². The molecule has 1 heterocycles. The van der Waals surface area contributed by atoms with Gasteiger partial charge in [0.25, 0.3) is 0 Å². The molecule has 0 spiro atoms. The molecule has 7 nitrogen and oxygen atoms in total. The minimum absolute atomic E-state index is 0.139. The van der Waals surface area contributed by atoms with Gasteiger partial charge in [0.1, 0.15) is 6.61 Å². The summed E-state index contributed by atoms with van der Waals surface area (Å²) in [6, 6.07) is 22.7. The molecule has 0 aliphatic heterocycles. The fourth-order valence-electron chi connectivity index (χ4n) is 3.71. The summed E-state index contributed by atoms with van der Waals surface area (Å²) in [6.45, 7) is 3.70. The van der Waals surface area contributed by atoms with E-state index >= 15 is 0 Å². The molecule has 0 fully saturated rings. The van der Waals surface area contributed by atoms with Crippen molar-refractivity contribution in [1.82, 2.24) is 4.98 Å². The highest BCUT2D eigenvalue weighted by molar-refractivity contribution is 6.00. The molecule has 1 aromatic heterocycles. The Labute approximate surface area is 214 Å². The smallest absolute Gasteiger partial charge is 0.247 e. The van der Waals surface area contributed by atoms with Gasteiger partial charge in [0.2, 0.25) is 12.3 Å². The maximum atomic E-state index is 14.9. The van der Waals surface area contributed by atoms with E-state index in [1.54, 1.807) is 66.8 Å². The van der Waals surface area contributed by atoms with Crippen molar-refractivity contribution in [3.05, 3.63) is 115 Å². The molecule has 0 aliphatic carbocycles. The second kappa shape index (κ2) is 11.6. The maximum Gasteiger partial charge on any atom is 0.247 e. The molecule has 37 heavy (non-hydrogen) atoms. The van der Waals surface area contributed by atoms with E-state index in [0.717, 1.165) is 11.6 Å². The number of nitrogens with zero attached hydrogens (tertiary/aromatic N) is 3. The zero-order chi connectivity index (χ0) is 26.2. The van der Waals surface area contributed by atoms with Crippen LogP contribution in [0.4, 0.5) is 32.8 Å². The van der Waals surface area contributed by atoms with Crippen LogP contribution in [0.5, 0.6) is 5.75 Å². The van der Waals surface area contributed by atoms with Crippen LogP contribution in [-0.2, 0) is 16.2 Å². The van der Waals surface area contributed by atoms with Crippen LogP contribution >= 0.6 is 0 Å². The molecule has 0 saturated heterocycles. The van der Waals surface area contributed by atoms with Gasteiger partial charge in [-0.1, -0.05) is 43.0 Å². The highest BCUT2D eigenvalue weighted by atomic mass is 19.1. The van der Waals surface area contributed by atoms with Gasteiger partial charge in [-0.2, -0.15) is 0 Å². The number of hydrogen-bond donors (Lipinski definition) is 1. The molecular formula is C29H25FN4O3.